The van der Waals surface area contributed by atoms with E-state index in [0.29, 0.717) is 10.8 Å². The summed E-state index contributed by atoms with van der Waals surface area (Å²) in [5.41, 5.74) is 5.57. The SMILES string of the molecule is CC/C(C)=N\NC(=S)Nc1c(C)n(C)n(-c2ccccc2)c1=O. The van der Waals surface area contributed by atoms with Crippen LogP contribution in [0.3, 0.4) is 0 Å². The summed E-state index contributed by atoms with van der Waals surface area (Å²) in [6.07, 6.45) is 0.834. The van der Waals surface area contributed by atoms with Gasteiger partial charge < -0.3 is 5.32 Å². The molecule has 2 N–H and O–H groups in total. The van der Waals surface area contributed by atoms with E-state index in [1.165, 1.54) is 0 Å². The lowest BCUT2D eigenvalue weighted by atomic mass is 10.3. The first-order chi connectivity index (χ1) is 11.0. The Balaban J connectivity index is 2.31. The number of para-hydroxylation sites is 1. The predicted molar refractivity (Wildman–Crippen MR) is 98.5 cm³/mol. The topological polar surface area (TPSA) is 63.4 Å². The van der Waals surface area contributed by atoms with Crippen LogP contribution in [-0.2, 0) is 7.05 Å². The maximum atomic E-state index is 12.7. The molecule has 1 aromatic carbocycles. The van der Waals surface area contributed by atoms with Crippen LogP contribution in [0, 0.1) is 6.92 Å². The molecular weight excluding hydrogens is 310 g/mol. The summed E-state index contributed by atoms with van der Waals surface area (Å²) < 4.78 is 3.39. The number of hydrazone groups is 1. The van der Waals surface area contributed by atoms with Gasteiger partial charge in [0.2, 0.25) is 0 Å². The Morgan fingerprint density at radius 3 is 2.57 bits per heavy atom. The Kier molecular flexibility index (Phi) is 5.33. The van der Waals surface area contributed by atoms with Crippen LogP contribution in [0.25, 0.3) is 5.69 Å². The molecule has 0 saturated heterocycles. The molecule has 23 heavy (non-hydrogen) atoms. The quantitative estimate of drug-likeness (QED) is 0.513. The minimum Gasteiger partial charge on any atom is -0.325 e. The second-order valence-electron chi connectivity index (χ2n) is 5.20. The third-order valence-electron chi connectivity index (χ3n) is 3.65. The van der Waals surface area contributed by atoms with Crippen molar-refractivity contribution in [3.63, 3.8) is 0 Å². The molecule has 0 aliphatic heterocycles. The first-order valence-corrected chi connectivity index (χ1v) is 7.80. The van der Waals surface area contributed by atoms with Crippen molar-refractivity contribution >= 4 is 28.7 Å². The molecule has 0 aliphatic carbocycles. The van der Waals surface area contributed by atoms with Crippen LogP contribution in [-0.4, -0.2) is 20.2 Å². The number of nitrogens with zero attached hydrogens (tertiary/aromatic N) is 3. The van der Waals surface area contributed by atoms with Crippen LogP contribution < -0.4 is 16.3 Å². The number of thiocarbonyl (C=S) groups is 1. The number of nitrogens with one attached hydrogen (secondary N) is 2. The van der Waals surface area contributed by atoms with Gasteiger partial charge in [0, 0.05) is 12.8 Å². The van der Waals surface area contributed by atoms with Gasteiger partial charge in [-0.1, -0.05) is 25.1 Å². The van der Waals surface area contributed by atoms with E-state index in [0.717, 1.165) is 23.5 Å². The van der Waals surface area contributed by atoms with Gasteiger partial charge in [-0.3, -0.25) is 14.9 Å². The van der Waals surface area contributed by atoms with Crippen LogP contribution in [0.1, 0.15) is 26.0 Å². The average molecular weight is 331 g/mol. The fourth-order valence-electron chi connectivity index (χ4n) is 2.08. The molecule has 0 spiro atoms. The zero-order chi connectivity index (χ0) is 17.0. The van der Waals surface area contributed by atoms with Gasteiger partial charge in [-0.15, -0.1) is 0 Å². The third kappa shape index (κ3) is 3.68. The van der Waals surface area contributed by atoms with Gasteiger partial charge >= 0.3 is 0 Å². The van der Waals surface area contributed by atoms with E-state index in [4.69, 9.17) is 12.2 Å². The smallest absolute Gasteiger partial charge is 0.295 e. The summed E-state index contributed by atoms with van der Waals surface area (Å²) in [5.74, 6) is 0. The monoisotopic (exact) mass is 331 g/mol. The summed E-state index contributed by atoms with van der Waals surface area (Å²) >= 11 is 5.20. The van der Waals surface area contributed by atoms with Crippen molar-refractivity contribution in [1.29, 1.82) is 0 Å². The highest BCUT2D eigenvalue weighted by atomic mass is 32.1. The van der Waals surface area contributed by atoms with Crippen molar-refractivity contribution < 1.29 is 0 Å². The summed E-state index contributed by atoms with van der Waals surface area (Å²) in [7, 11) is 1.84. The zero-order valence-electron chi connectivity index (χ0n) is 13.8. The maximum Gasteiger partial charge on any atom is 0.295 e. The molecule has 122 valence electrons. The lowest BCUT2D eigenvalue weighted by Crippen LogP contribution is -2.28. The number of benzene rings is 1. The number of rotatable bonds is 4. The first kappa shape index (κ1) is 17.0. The highest BCUT2D eigenvalue weighted by Gasteiger charge is 2.16. The fraction of sp³-hybridized carbons (Fsp3) is 0.312. The molecule has 6 nitrogen and oxygen atoms in total. The minimum atomic E-state index is -0.156. The van der Waals surface area contributed by atoms with E-state index in [9.17, 15) is 4.79 Å². The molecule has 0 fully saturated rings. The van der Waals surface area contributed by atoms with Crippen molar-refractivity contribution in [2.24, 2.45) is 12.1 Å². The normalized spacial score (nSPS) is 11.4. The van der Waals surface area contributed by atoms with Gasteiger partial charge in [-0.05, 0) is 44.6 Å². The lowest BCUT2D eigenvalue weighted by molar-refractivity contribution is 0.630. The van der Waals surface area contributed by atoms with Gasteiger partial charge in [0.15, 0.2) is 5.11 Å². The summed E-state index contributed by atoms with van der Waals surface area (Å²) in [4.78, 5) is 12.7. The van der Waals surface area contributed by atoms with Gasteiger partial charge in [-0.2, -0.15) is 5.10 Å². The maximum absolute atomic E-state index is 12.7. The Hall–Kier alpha value is -2.41. The molecular formula is C16H21N5OS. The summed E-state index contributed by atoms with van der Waals surface area (Å²) in [6, 6.07) is 9.47. The van der Waals surface area contributed by atoms with Gasteiger partial charge in [0.1, 0.15) is 5.69 Å². The number of hydrogen-bond donors (Lipinski definition) is 2. The van der Waals surface area contributed by atoms with Crippen molar-refractivity contribution in [3.05, 3.63) is 46.4 Å². The largest absolute Gasteiger partial charge is 0.325 e. The highest BCUT2D eigenvalue weighted by Crippen LogP contribution is 2.13. The van der Waals surface area contributed by atoms with Gasteiger partial charge in [0.05, 0.1) is 11.4 Å². The van der Waals surface area contributed by atoms with Gasteiger partial charge in [-0.25, -0.2) is 4.68 Å². The fourth-order valence-corrected chi connectivity index (χ4v) is 2.23. The average Bonchev–Trinajstić information content (AvgIpc) is 2.77. The first-order valence-electron chi connectivity index (χ1n) is 7.39. The Morgan fingerprint density at radius 2 is 1.96 bits per heavy atom. The van der Waals surface area contributed by atoms with Crippen molar-refractivity contribution in [2.45, 2.75) is 27.2 Å². The molecule has 0 radical (unpaired) electrons. The molecule has 0 atom stereocenters. The number of aromatic nitrogens is 2. The van der Waals surface area contributed by atoms with Crippen molar-refractivity contribution in [2.75, 3.05) is 5.32 Å². The third-order valence-corrected chi connectivity index (χ3v) is 3.85. The van der Waals surface area contributed by atoms with E-state index >= 15 is 0 Å². The number of anilines is 1. The molecule has 2 rings (SSSR count). The molecule has 0 amide bonds. The Labute approximate surface area is 140 Å². The van der Waals surface area contributed by atoms with Crippen LogP contribution in [0.4, 0.5) is 5.69 Å². The second kappa shape index (κ2) is 7.23. The van der Waals surface area contributed by atoms with Crippen LogP contribution in [0.2, 0.25) is 0 Å². The van der Waals surface area contributed by atoms with Crippen LogP contribution in [0.15, 0.2) is 40.2 Å². The van der Waals surface area contributed by atoms with E-state index < -0.39 is 0 Å². The molecule has 0 saturated carbocycles. The zero-order valence-corrected chi connectivity index (χ0v) is 14.6. The predicted octanol–water partition coefficient (Wildman–Crippen LogP) is 2.56. The minimum absolute atomic E-state index is 0.156. The standard InChI is InChI=1S/C16H21N5OS/c1-5-11(2)18-19-16(23)17-14-12(3)20(4)21(15(14)22)13-9-7-6-8-10-13/h6-10H,5H2,1-4H3,(H2,17,19,23)/b18-11-. The Bertz CT molecular complexity index is 789. The Morgan fingerprint density at radius 1 is 1.30 bits per heavy atom. The molecule has 0 aliphatic rings. The molecule has 1 heterocycles. The molecule has 7 heteroatoms. The van der Waals surface area contributed by atoms with Crippen LogP contribution in [0.5, 0.6) is 0 Å². The van der Waals surface area contributed by atoms with Crippen molar-refractivity contribution in [3.8, 4) is 5.69 Å². The molecule has 2 aromatic rings. The molecule has 1 aromatic heterocycles. The second-order valence-corrected chi connectivity index (χ2v) is 5.61. The summed E-state index contributed by atoms with van der Waals surface area (Å²) in [6.45, 7) is 5.79. The molecule has 0 unspecified atom stereocenters. The lowest BCUT2D eigenvalue weighted by Gasteiger charge is -2.07. The number of hydrogen-bond acceptors (Lipinski definition) is 3. The summed E-state index contributed by atoms with van der Waals surface area (Å²) in [5, 5.41) is 7.38. The van der Waals surface area contributed by atoms with E-state index in [1.807, 2.05) is 58.2 Å². The van der Waals surface area contributed by atoms with Gasteiger partial charge in [0.25, 0.3) is 5.56 Å². The van der Waals surface area contributed by atoms with E-state index in [1.54, 1.807) is 9.36 Å². The molecule has 0 bridgehead atoms. The highest BCUT2D eigenvalue weighted by molar-refractivity contribution is 7.80. The van der Waals surface area contributed by atoms with E-state index in [-0.39, 0.29) is 5.56 Å². The van der Waals surface area contributed by atoms with Crippen LogP contribution >= 0.6 is 12.2 Å². The van der Waals surface area contributed by atoms with Crippen molar-refractivity contribution in [1.82, 2.24) is 14.8 Å². The van der Waals surface area contributed by atoms with E-state index in [2.05, 4.69) is 15.8 Å².